The number of terminal acetylenes is 1. The summed E-state index contributed by atoms with van der Waals surface area (Å²) in [4.78, 5) is 10.9. The summed E-state index contributed by atoms with van der Waals surface area (Å²) in [6, 6.07) is 6.37. The average molecular weight is 230 g/mol. The van der Waals surface area contributed by atoms with E-state index in [0.717, 1.165) is 0 Å². The maximum absolute atomic E-state index is 10.9. The third kappa shape index (κ3) is 2.84. The number of halogens is 2. The smallest absolute Gasteiger partial charge is 0.410 e. The van der Waals surface area contributed by atoms with Crippen molar-refractivity contribution in [2.45, 2.75) is 0 Å². The number of rotatable bonds is 1. The van der Waals surface area contributed by atoms with E-state index in [1.807, 2.05) is 11.4 Å². The van der Waals surface area contributed by atoms with E-state index in [0.29, 0.717) is 10.0 Å². The van der Waals surface area contributed by atoms with Crippen LogP contribution in [0.25, 0.3) is 0 Å². The summed E-state index contributed by atoms with van der Waals surface area (Å²) >= 11 is 11.3. The number of ether oxygens (including phenoxy) is 1. The summed E-state index contributed by atoms with van der Waals surface area (Å²) in [5, 5.41) is 2.71. The van der Waals surface area contributed by atoms with Crippen molar-refractivity contribution < 1.29 is 9.53 Å². The molecule has 1 aromatic carbocycles. The molecule has 72 valence electrons. The Balaban J connectivity index is 2.74. The first-order valence-electron chi connectivity index (χ1n) is 3.52. The van der Waals surface area contributed by atoms with Gasteiger partial charge in [-0.2, -0.15) is 0 Å². The van der Waals surface area contributed by atoms with Crippen LogP contribution in [0, 0.1) is 12.5 Å². The highest BCUT2D eigenvalue weighted by Gasteiger charge is 2.04. The van der Waals surface area contributed by atoms with Gasteiger partial charge >= 0.3 is 6.09 Å². The molecule has 1 amide bonds. The second kappa shape index (κ2) is 4.75. The molecule has 0 atom stereocenters. The molecular weight excluding hydrogens is 225 g/mol. The van der Waals surface area contributed by atoms with Crippen LogP contribution in [-0.4, -0.2) is 6.09 Å². The summed E-state index contributed by atoms with van der Waals surface area (Å²) in [5.74, 6) is 0.271. The van der Waals surface area contributed by atoms with Crippen LogP contribution in [0.5, 0.6) is 5.75 Å². The van der Waals surface area contributed by atoms with Gasteiger partial charge in [0.2, 0.25) is 0 Å². The van der Waals surface area contributed by atoms with Crippen molar-refractivity contribution in [2.24, 2.45) is 0 Å². The first kappa shape index (κ1) is 10.7. The minimum absolute atomic E-state index is 0.271. The van der Waals surface area contributed by atoms with Gasteiger partial charge in [0.1, 0.15) is 5.75 Å². The van der Waals surface area contributed by atoms with E-state index >= 15 is 0 Å². The Morgan fingerprint density at radius 2 is 2.14 bits per heavy atom. The molecule has 0 radical (unpaired) electrons. The second-order valence-electron chi connectivity index (χ2n) is 2.23. The molecule has 0 aliphatic heterocycles. The van der Waals surface area contributed by atoms with Crippen LogP contribution < -0.4 is 10.1 Å². The molecule has 5 heteroatoms. The normalized spacial score (nSPS) is 8.93. The minimum Gasteiger partial charge on any atom is -0.410 e. The summed E-state index contributed by atoms with van der Waals surface area (Å²) in [6.07, 6.45) is 4.08. The van der Waals surface area contributed by atoms with Crippen LogP contribution in [0.2, 0.25) is 10.0 Å². The van der Waals surface area contributed by atoms with Crippen LogP contribution in [-0.2, 0) is 0 Å². The van der Waals surface area contributed by atoms with E-state index in [4.69, 9.17) is 34.4 Å². The van der Waals surface area contributed by atoms with Gasteiger partial charge in [0.25, 0.3) is 0 Å². The molecule has 14 heavy (non-hydrogen) atoms. The summed E-state index contributed by atoms with van der Waals surface area (Å²) in [6.45, 7) is 0. The Hall–Kier alpha value is -1.37. The van der Waals surface area contributed by atoms with Crippen molar-refractivity contribution >= 4 is 29.3 Å². The fourth-order valence-electron chi connectivity index (χ4n) is 0.732. The monoisotopic (exact) mass is 229 g/mol. The Kier molecular flexibility index (Phi) is 3.63. The van der Waals surface area contributed by atoms with Gasteiger partial charge in [0.05, 0.1) is 10.0 Å². The number of nitrogens with one attached hydrogen (secondary N) is 1. The Bertz CT molecular complexity index is 398. The highest BCUT2D eigenvalue weighted by Crippen LogP contribution is 2.26. The fourth-order valence-corrected chi connectivity index (χ4v) is 1.02. The molecule has 0 spiro atoms. The largest absolute Gasteiger partial charge is 0.424 e. The molecule has 3 nitrogen and oxygen atoms in total. The van der Waals surface area contributed by atoms with Crippen molar-refractivity contribution in [3.05, 3.63) is 28.2 Å². The predicted octanol–water partition coefficient (Wildman–Crippen LogP) is 2.67. The molecule has 0 bridgehead atoms. The van der Waals surface area contributed by atoms with E-state index in [1.165, 1.54) is 18.2 Å². The molecule has 0 aliphatic rings. The standard InChI is InChI=1S/C9H5Cl2NO2/c1-2-12-9(13)14-6-3-4-7(10)8(11)5-6/h1,3-5H,(H,12,13). The van der Waals surface area contributed by atoms with Gasteiger partial charge in [-0.25, -0.2) is 10.1 Å². The Morgan fingerprint density at radius 3 is 2.71 bits per heavy atom. The lowest BCUT2D eigenvalue weighted by molar-refractivity contribution is 0.205. The molecule has 0 aliphatic carbocycles. The molecule has 0 saturated carbocycles. The second-order valence-corrected chi connectivity index (χ2v) is 3.05. The number of amides is 1. The lowest BCUT2D eigenvalue weighted by atomic mass is 10.3. The molecule has 1 rings (SSSR count). The Morgan fingerprint density at radius 1 is 1.43 bits per heavy atom. The lowest BCUT2D eigenvalue weighted by Crippen LogP contribution is -2.21. The highest BCUT2D eigenvalue weighted by molar-refractivity contribution is 6.42. The van der Waals surface area contributed by atoms with Gasteiger partial charge in [0, 0.05) is 12.1 Å². The molecule has 0 aromatic heterocycles. The van der Waals surface area contributed by atoms with E-state index in [9.17, 15) is 4.79 Å². The number of hydrogen-bond donors (Lipinski definition) is 1. The van der Waals surface area contributed by atoms with Crippen molar-refractivity contribution in [1.82, 2.24) is 5.32 Å². The first-order chi connectivity index (χ1) is 6.63. The summed E-state index contributed by atoms with van der Waals surface area (Å²) < 4.78 is 4.75. The summed E-state index contributed by atoms with van der Waals surface area (Å²) in [7, 11) is 0. The number of hydrogen-bond acceptors (Lipinski definition) is 2. The van der Waals surface area contributed by atoms with Gasteiger partial charge in [-0.05, 0) is 12.1 Å². The van der Waals surface area contributed by atoms with Gasteiger partial charge in [0.15, 0.2) is 0 Å². The van der Waals surface area contributed by atoms with Crippen LogP contribution in [0.4, 0.5) is 4.79 Å². The third-order valence-corrected chi connectivity index (χ3v) is 2.01. The van der Waals surface area contributed by atoms with Gasteiger partial charge in [-0.15, -0.1) is 0 Å². The van der Waals surface area contributed by atoms with Gasteiger partial charge in [-0.1, -0.05) is 29.6 Å². The number of carbonyl (C=O) groups is 1. The van der Waals surface area contributed by atoms with Crippen LogP contribution >= 0.6 is 23.2 Å². The van der Waals surface area contributed by atoms with Crippen molar-refractivity contribution in [1.29, 1.82) is 0 Å². The zero-order valence-electron chi connectivity index (χ0n) is 6.88. The molecule has 0 heterocycles. The number of carbonyl (C=O) groups excluding carboxylic acids is 1. The highest BCUT2D eigenvalue weighted by atomic mass is 35.5. The summed E-state index contributed by atoms with van der Waals surface area (Å²) in [5.41, 5.74) is 0. The number of benzene rings is 1. The van der Waals surface area contributed by atoms with Gasteiger partial charge < -0.3 is 4.74 Å². The first-order valence-corrected chi connectivity index (χ1v) is 4.27. The average Bonchev–Trinajstić information content (AvgIpc) is 2.12. The van der Waals surface area contributed by atoms with E-state index in [-0.39, 0.29) is 5.75 Å². The minimum atomic E-state index is -0.745. The van der Waals surface area contributed by atoms with E-state index in [1.54, 1.807) is 0 Å². The Labute approximate surface area is 91.0 Å². The maximum atomic E-state index is 10.9. The van der Waals surface area contributed by atoms with Crippen LogP contribution in [0.1, 0.15) is 0 Å². The quantitative estimate of drug-likeness (QED) is 0.594. The molecule has 0 saturated heterocycles. The van der Waals surface area contributed by atoms with Gasteiger partial charge in [-0.3, -0.25) is 0 Å². The molecule has 1 N–H and O–H groups in total. The zero-order chi connectivity index (χ0) is 10.6. The molecule has 0 fully saturated rings. The van der Waals surface area contributed by atoms with Crippen LogP contribution in [0.3, 0.4) is 0 Å². The van der Waals surface area contributed by atoms with Crippen molar-refractivity contribution in [3.63, 3.8) is 0 Å². The van der Waals surface area contributed by atoms with E-state index in [2.05, 4.69) is 0 Å². The third-order valence-electron chi connectivity index (χ3n) is 1.28. The fraction of sp³-hybridized carbons (Fsp3) is 0. The predicted molar refractivity (Wildman–Crippen MR) is 54.5 cm³/mol. The van der Waals surface area contributed by atoms with Crippen LogP contribution in [0.15, 0.2) is 18.2 Å². The maximum Gasteiger partial charge on any atom is 0.424 e. The van der Waals surface area contributed by atoms with Crippen molar-refractivity contribution in [2.75, 3.05) is 0 Å². The van der Waals surface area contributed by atoms with Crippen molar-refractivity contribution in [3.8, 4) is 18.2 Å². The van der Waals surface area contributed by atoms with E-state index < -0.39 is 6.09 Å². The topological polar surface area (TPSA) is 38.3 Å². The SMILES string of the molecule is C#CNC(=O)Oc1ccc(Cl)c(Cl)c1. The molecule has 0 unspecified atom stereocenters. The molecular formula is C9H5Cl2NO2. The zero-order valence-corrected chi connectivity index (χ0v) is 8.39. The lowest BCUT2D eigenvalue weighted by Gasteiger charge is -2.03. The molecule has 1 aromatic rings.